The maximum atomic E-state index is 13.0. The molecule has 5 unspecified atom stereocenters. The number of likely N-dealkylation sites (tertiary alicyclic amines) is 1. The zero-order valence-electron chi connectivity index (χ0n) is 31.1. The van der Waals surface area contributed by atoms with Crippen LogP contribution in [0.3, 0.4) is 0 Å². The van der Waals surface area contributed by atoms with E-state index in [1.54, 1.807) is 0 Å². The van der Waals surface area contributed by atoms with E-state index in [1.807, 2.05) is 68.0 Å². The fourth-order valence-corrected chi connectivity index (χ4v) is 6.88. The fourth-order valence-electron chi connectivity index (χ4n) is 6.88. The third-order valence-electron chi connectivity index (χ3n) is 9.74. The van der Waals surface area contributed by atoms with Crippen molar-refractivity contribution in [2.75, 3.05) is 27.2 Å². The topological polar surface area (TPSA) is 125 Å². The summed E-state index contributed by atoms with van der Waals surface area (Å²) in [4.78, 5) is 25.6. The van der Waals surface area contributed by atoms with E-state index in [0.717, 1.165) is 70.4 Å². The van der Waals surface area contributed by atoms with Gasteiger partial charge in [-0.2, -0.15) is 4.79 Å². The smallest absolute Gasteiger partial charge is 0.444 e. The van der Waals surface area contributed by atoms with Crippen LogP contribution in [0.25, 0.3) is 33.3 Å². The van der Waals surface area contributed by atoms with Gasteiger partial charge in [-0.3, -0.25) is 0 Å². The molecule has 272 valence electrons. The average Bonchev–Trinajstić information content (AvgIpc) is 3.75. The van der Waals surface area contributed by atoms with Gasteiger partial charge in [0.15, 0.2) is 6.17 Å². The molecule has 3 aliphatic heterocycles. The molecular formula is C40H54N7O4+. The minimum Gasteiger partial charge on any atom is -0.444 e. The van der Waals surface area contributed by atoms with Gasteiger partial charge in [-0.05, 0) is 107 Å². The molecule has 6 N–H and O–H groups in total. The van der Waals surface area contributed by atoms with E-state index in [9.17, 15) is 9.59 Å². The molecule has 11 heteroatoms. The molecule has 6 rings (SSSR count). The quantitative estimate of drug-likeness (QED) is 0.154. The molecule has 0 aliphatic carbocycles. The lowest BCUT2D eigenvalue weighted by atomic mass is 9.96. The molecule has 0 radical (unpaired) electrons. The van der Waals surface area contributed by atoms with Gasteiger partial charge in [-0.1, -0.05) is 48.5 Å². The van der Waals surface area contributed by atoms with Crippen molar-refractivity contribution in [2.45, 2.75) is 90.0 Å². The SMILES string of the molecule is CNCCC(NC(=O)OC(C)(C)C)C1NC=C(c2ccc(-c3ccc4cc(C5=CNC(C6CC[N+]6(C)C(=O)OC(C)(C)C)N5)ccc4c3)cc2)N1. The Kier molecular flexibility index (Phi) is 9.98. The van der Waals surface area contributed by atoms with Crippen LogP contribution in [-0.4, -0.2) is 79.5 Å². The number of amides is 2. The first-order chi connectivity index (χ1) is 24.1. The Morgan fingerprint density at radius 2 is 1.39 bits per heavy atom. The molecule has 3 heterocycles. The van der Waals surface area contributed by atoms with Crippen molar-refractivity contribution in [3.63, 3.8) is 0 Å². The van der Waals surface area contributed by atoms with E-state index < -0.39 is 17.3 Å². The Morgan fingerprint density at radius 3 is 2.02 bits per heavy atom. The van der Waals surface area contributed by atoms with Gasteiger partial charge in [0.2, 0.25) is 0 Å². The lowest BCUT2D eigenvalue weighted by Gasteiger charge is -2.48. The predicted octanol–water partition coefficient (Wildman–Crippen LogP) is 5.80. The van der Waals surface area contributed by atoms with Gasteiger partial charge in [-0.15, -0.1) is 0 Å². The van der Waals surface area contributed by atoms with Gasteiger partial charge in [0.05, 0.1) is 37.4 Å². The Bertz CT molecular complexity index is 1820. The number of alkyl carbamates (subject to hydrolysis) is 1. The molecular weight excluding hydrogens is 642 g/mol. The van der Waals surface area contributed by atoms with E-state index in [1.165, 1.54) is 0 Å². The molecule has 51 heavy (non-hydrogen) atoms. The number of hydrogen-bond acceptors (Lipinski definition) is 9. The minimum atomic E-state index is -0.565. The molecule has 0 spiro atoms. The van der Waals surface area contributed by atoms with Gasteiger partial charge in [-0.25, -0.2) is 9.28 Å². The number of nitrogens with one attached hydrogen (secondary N) is 6. The summed E-state index contributed by atoms with van der Waals surface area (Å²) < 4.78 is 11.5. The van der Waals surface area contributed by atoms with Gasteiger partial charge < -0.3 is 41.4 Å². The number of carbonyl (C=O) groups is 2. The third kappa shape index (κ3) is 8.26. The summed E-state index contributed by atoms with van der Waals surface area (Å²) in [6.45, 7) is 12.8. The van der Waals surface area contributed by atoms with Crippen LogP contribution in [0.2, 0.25) is 0 Å². The zero-order chi connectivity index (χ0) is 36.6. The van der Waals surface area contributed by atoms with Crippen LogP contribution in [0.1, 0.15) is 65.5 Å². The second-order valence-corrected chi connectivity index (χ2v) is 16.0. The summed E-state index contributed by atoms with van der Waals surface area (Å²) in [5.41, 5.74) is 5.33. The van der Waals surface area contributed by atoms with Crippen LogP contribution >= 0.6 is 0 Å². The number of ether oxygens (including phenoxy) is 2. The summed E-state index contributed by atoms with van der Waals surface area (Å²) in [5.74, 6) is 0. The number of rotatable bonds is 9. The summed E-state index contributed by atoms with van der Waals surface area (Å²) in [7, 11) is 3.87. The van der Waals surface area contributed by atoms with Crippen LogP contribution in [0.5, 0.6) is 0 Å². The molecule has 5 atom stereocenters. The van der Waals surface area contributed by atoms with Crippen molar-refractivity contribution in [3.8, 4) is 11.1 Å². The molecule has 1 fully saturated rings. The van der Waals surface area contributed by atoms with Crippen LogP contribution in [0, 0.1) is 0 Å². The normalized spacial score (nSPS) is 23.4. The zero-order valence-corrected chi connectivity index (χ0v) is 31.1. The first-order valence-corrected chi connectivity index (χ1v) is 18.0. The monoisotopic (exact) mass is 696 g/mol. The first kappa shape index (κ1) is 36.1. The van der Waals surface area contributed by atoms with Crippen molar-refractivity contribution in [1.82, 2.24) is 31.9 Å². The van der Waals surface area contributed by atoms with Gasteiger partial charge in [0, 0.05) is 12.4 Å². The maximum absolute atomic E-state index is 13.0. The molecule has 11 nitrogen and oxygen atoms in total. The second kappa shape index (κ2) is 14.1. The lowest BCUT2D eigenvalue weighted by Crippen LogP contribution is -2.73. The molecule has 0 bridgehead atoms. The third-order valence-corrected chi connectivity index (χ3v) is 9.74. The van der Waals surface area contributed by atoms with Crippen molar-refractivity contribution >= 4 is 34.4 Å². The molecule has 3 aliphatic rings. The van der Waals surface area contributed by atoms with Crippen molar-refractivity contribution in [1.29, 1.82) is 0 Å². The molecule has 2 amide bonds. The van der Waals surface area contributed by atoms with E-state index in [-0.39, 0.29) is 35.0 Å². The second-order valence-electron chi connectivity index (χ2n) is 16.0. The molecule has 0 aromatic heterocycles. The Morgan fingerprint density at radius 1 is 0.804 bits per heavy atom. The number of quaternary nitrogens is 1. The van der Waals surface area contributed by atoms with E-state index in [2.05, 4.69) is 92.6 Å². The number of likely N-dealkylation sites (N-methyl/N-ethyl adjacent to an activating group) is 1. The highest BCUT2D eigenvalue weighted by molar-refractivity contribution is 5.90. The highest BCUT2D eigenvalue weighted by Crippen LogP contribution is 2.34. The maximum Gasteiger partial charge on any atom is 0.516 e. The highest BCUT2D eigenvalue weighted by Gasteiger charge is 2.55. The van der Waals surface area contributed by atoms with Crippen LogP contribution in [-0.2, 0) is 9.47 Å². The fraction of sp³-hybridized carbons (Fsp3) is 0.450. The van der Waals surface area contributed by atoms with Crippen molar-refractivity contribution in [3.05, 3.63) is 84.2 Å². The van der Waals surface area contributed by atoms with Crippen LogP contribution < -0.4 is 31.9 Å². The molecule has 3 aromatic rings. The van der Waals surface area contributed by atoms with Crippen molar-refractivity contribution in [2.24, 2.45) is 0 Å². The molecule has 3 aromatic carbocycles. The predicted molar refractivity (Wildman–Crippen MR) is 203 cm³/mol. The van der Waals surface area contributed by atoms with Crippen molar-refractivity contribution < 1.29 is 23.5 Å². The van der Waals surface area contributed by atoms with Gasteiger partial charge in [0.1, 0.15) is 23.4 Å². The lowest BCUT2D eigenvalue weighted by molar-refractivity contribution is -0.908. The Labute approximate surface area is 301 Å². The number of nitrogens with zero attached hydrogens (tertiary/aromatic N) is 1. The number of hydrogen-bond donors (Lipinski definition) is 6. The molecule has 1 saturated heterocycles. The first-order valence-electron chi connectivity index (χ1n) is 18.0. The van der Waals surface area contributed by atoms with Gasteiger partial charge in [0.25, 0.3) is 0 Å². The summed E-state index contributed by atoms with van der Waals surface area (Å²) in [6.07, 6.45) is 4.84. The summed E-state index contributed by atoms with van der Waals surface area (Å²) >= 11 is 0. The Balaban J connectivity index is 1.07. The number of benzene rings is 3. The van der Waals surface area contributed by atoms with E-state index in [4.69, 9.17) is 9.47 Å². The van der Waals surface area contributed by atoms with Crippen LogP contribution in [0.15, 0.2) is 73.1 Å². The van der Waals surface area contributed by atoms with E-state index in [0.29, 0.717) is 0 Å². The van der Waals surface area contributed by atoms with E-state index >= 15 is 0 Å². The standard InChI is InChI=1S/C40H53N7O4/c1-39(2,3)50-37(48)46-31(17-19-41-7)35-42-23-32(44-35)26-11-9-25(10-12-26)27-13-14-29-22-30(16-15-28(29)21-27)33-24-43-36(45-33)34-18-20-47(34,8)38(49)51-40(4,5)6/h9-16,21-24,31,34-36,41-45H,17-20H2,1-8H3/p+1. The number of fused-ring (bicyclic) bond motifs is 1. The average molecular weight is 697 g/mol. The highest BCUT2D eigenvalue weighted by atomic mass is 16.6. The number of carbonyl (C=O) groups excluding carboxylic acids is 2. The van der Waals surface area contributed by atoms with Gasteiger partial charge >= 0.3 is 12.2 Å². The summed E-state index contributed by atoms with van der Waals surface area (Å²) in [6, 6.07) is 21.5. The summed E-state index contributed by atoms with van der Waals surface area (Å²) in [5, 5.41) is 22.6. The Hall–Kier alpha value is -4.74. The largest absolute Gasteiger partial charge is 0.516 e. The van der Waals surface area contributed by atoms with Crippen LogP contribution in [0.4, 0.5) is 9.59 Å². The molecule has 0 saturated carbocycles. The minimum absolute atomic E-state index is 0.0436.